The van der Waals surface area contributed by atoms with E-state index in [2.05, 4.69) is 82.3 Å². The number of halogens is 1. The van der Waals surface area contributed by atoms with Crippen molar-refractivity contribution >= 4 is 20.9 Å². The van der Waals surface area contributed by atoms with E-state index in [0.717, 1.165) is 24.8 Å². The predicted molar refractivity (Wildman–Crippen MR) is 138 cm³/mol. The van der Waals surface area contributed by atoms with Gasteiger partial charge < -0.3 is 31.3 Å². The Balaban J connectivity index is 0.00000900. The van der Waals surface area contributed by atoms with Crippen LogP contribution in [-0.4, -0.2) is 42.1 Å². The van der Waals surface area contributed by atoms with Gasteiger partial charge in [-0.05, 0) is 107 Å². The summed E-state index contributed by atoms with van der Waals surface area (Å²) in [6.07, 6.45) is 0.992. The molecule has 3 nitrogen and oxygen atoms in total. The van der Waals surface area contributed by atoms with Gasteiger partial charge in [0.25, 0.3) is 0 Å². The first-order chi connectivity index (χ1) is 13.4. The smallest absolute Gasteiger partial charge is 0.186 e. The SMILES string of the molecule is CCO[Si](C)(C)CCCOc1ccc(O)cc1[P+](C(C)(C)C)(C(C)(C)C)C(C)(C)C.[Br-]. The maximum atomic E-state index is 10.5. The standard InChI is InChI=1S/C25H47O3PSi.BrH/c1-13-28-30(11,12)18-14-17-27-21-16-15-20(26)19-22(21)29(23(2,3)4,24(5,6)7)25(8,9)10;/h15-16,19H,13-14,17-18H2,1-12H3;1H. The van der Waals surface area contributed by atoms with Crippen LogP contribution in [0.15, 0.2) is 18.2 Å². The molecule has 0 amide bonds. The van der Waals surface area contributed by atoms with E-state index in [0.29, 0.717) is 12.4 Å². The zero-order valence-corrected chi connectivity index (χ0v) is 25.6. The van der Waals surface area contributed by atoms with Crippen LogP contribution in [0.25, 0.3) is 0 Å². The molecular weight excluding hydrogens is 487 g/mol. The van der Waals surface area contributed by atoms with Gasteiger partial charge in [-0.15, -0.1) is 0 Å². The molecule has 0 aliphatic rings. The van der Waals surface area contributed by atoms with Gasteiger partial charge in [-0.25, -0.2) is 0 Å². The zero-order chi connectivity index (χ0) is 23.6. The van der Waals surface area contributed by atoms with E-state index >= 15 is 0 Å². The summed E-state index contributed by atoms with van der Waals surface area (Å²) >= 11 is 0. The molecule has 0 spiro atoms. The first kappa shape index (κ1) is 30.9. The average molecular weight is 536 g/mol. The molecule has 31 heavy (non-hydrogen) atoms. The third-order valence-electron chi connectivity index (χ3n) is 6.04. The van der Waals surface area contributed by atoms with Crippen LogP contribution in [0.4, 0.5) is 0 Å². The molecule has 0 saturated heterocycles. The van der Waals surface area contributed by atoms with Gasteiger partial charge in [0, 0.05) is 12.7 Å². The maximum Gasteiger partial charge on any atom is 0.186 e. The zero-order valence-electron chi connectivity index (χ0n) is 22.1. The van der Waals surface area contributed by atoms with Crippen molar-refractivity contribution < 1.29 is 31.3 Å². The number of rotatable bonds is 8. The summed E-state index contributed by atoms with van der Waals surface area (Å²) in [6, 6.07) is 6.82. The number of phenols is 1. The van der Waals surface area contributed by atoms with Crippen LogP contribution in [0.1, 0.15) is 75.7 Å². The Labute approximate surface area is 204 Å². The average Bonchev–Trinajstić information content (AvgIpc) is 2.49. The second-order valence-electron chi connectivity index (χ2n) is 12.0. The van der Waals surface area contributed by atoms with Crippen LogP contribution in [0.3, 0.4) is 0 Å². The lowest BCUT2D eigenvalue weighted by Crippen LogP contribution is -3.00. The van der Waals surface area contributed by atoms with Gasteiger partial charge in [0.1, 0.15) is 11.1 Å². The van der Waals surface area contributed by atoms with E-state index in [9.17, 15) is 5.11 Å². The van der Waals surface area contributed by atoms with Crippen LogP contribution in [0.2, 0.25) is 19.1 Å². The van der Waals surface area contributed by atoms with Gasteiger partial charge in [-0.2, -0.15) is 0 Å². The van der Waals surface area contributed by atoms with E-state index in [1.165, 1.54) is 5.30 Å². The van der Waals surface area contributed by atoms with Gasteiger partial charge in [-0.3, -0.25) is 0 Å². The minimum absolute atomic E-state index is 0. The first-order valence-electron chi connectivity index (χ1n) is 11.4. The molecule has 0 aliphatic carbocycles. The molecule has 1 aromatic rings. The molecule has 0 aliphatic heterocycles. The first-order valence-corrected chi connectivity index (χ1v) is 16.3. The van der Waals surface area contributed by atoms with Gasteiger partial charge in [0.15, 0.2) is 14.1 Å². The number of phenolic OH excluding ortho intramolecular Hbond substituents is 1. The third kappa shape index (κ3) is 6.95. The molecule has 182 valence electrons. The summed E-state index contributed by atoms with van der Waals surface area (Å²) in [4.78, 5) is 0. The Hall–Kier alpha value is -0.0931. The highest BCUT2D eigenvalue weighted by molar-refractivity contribution is 7.87. The topological polar surface area (TPSA) is 38.7 Å². The van der Waals surface area contributed by atoms with E-state index in [4.69, 9.17) is 9.16 Å². The quantitative estimate of drug-likeness (QED) is 0.304. The van der Waals surface area contributed by atoms with Crippen molar-refractivity contribution in [1.82, 2.24) is 0 Å². The van der Waals surface area contributed by atoms with Gasteiger partial charge in [0.05, 0.1) is 29.3 Å². The molecule has 1 rings (SSSR count). The Bertz CT molecular complexity index is 664. The molecule has 0 heterocycles. The highest BCUT2D eigenvalue weighted by Gasteiger charge is 2.67. The van der Waals surface area contributed by atoms with Crippen molar-refractivity contribution in [2.75, 3.05) is 13.2 Å². The van der Waals surface area contributed by atoms with Crippen LogP contribution in [0, 0.1) is 0 Å². The number of hydrogen-bond donors (Lipinski definition) is 1. The number of hydrogen-bond acceptors (Lipinski definition) is 3. The molecule has 0 radical (unpaired) electrons. The van der Waals surface area contributed by atoms with Crippen molar-refractivity contribution in [2.45, 2.75) is 110 Å². The molecule has 6 heteroatoms. The number of benzene rings is 1. The fourth-order valence-corrected chi connectivity index (χ4v) is 17.1. The molecule has 0 bridgehead atoms. The monoisotopic (exact) mass is 534 g/mol. The van der Waals surface area contributed by atoms with Crippen molar-refractivity contribution in [1.29, 1.82) is 0 Å². The fraction of sp³-hybridized carbons (Fsp3) is 0.760. The Morgan fingerprint density at radius 1 is 0.903 bits per heavy atom. The van der Waals surface area contributed by atoms with E-state index in [1.807, 2.05) is 12.1 Å². The normalized spacial score (nSPS) is 13.7. The predicted octanol–water partition coefficient (Wildman–Crippen LogP) is 4.45. The molecule has 0 unspecified atom stereocenters. The number of ether oxygens (including phenoxy) is 1. The summed E-state index contributed by atoms with van der Waals surface area (Å²) in [5.74, 6) is 1.26. The second-order valence-corrected chi connectivity index (χ2v) is 22.1. The van der Waals surface area contributed by atoms with Crippen LogP contribution < -0.4 is 27.0 Å². The molecule has 0 aromatic heterocycles. The lowest BCUT2D eigenvalue weighted by Gasteiger charge is -2.54. The Morgan fingerprint density at radius 3 is 1.81 bits per heavy atom. The van der Waals surface area contributed by atoms with Crippen molar-refractivity contribution in [2.24, 2.45) is 0 Å². The van der Waals surface area contributed by atoms with Gasteiger partial charge in [0.2, 0.25) is 0 Å². The van der Waals surface area contributed by atoms with Crippen LogP contribution in [0.5, 0.6) is 11.5 Å². The largest absolute Gasteiger partial charge is 1.00 e. The lowest BCUT2D eigenvalue weighted by atomic mass is 10.2. The minimum Gasteiger partial charge on any atom is -1.00 e. The van der Waals surface area contributed by atoms with E-state index in [1.54, 1.807) is 6.07 Å². The minimum atomic E-state index is -1.86. The summed E-state index contributed by atoms with van der Waals surface area (Å²) in [6.45, 7) is 29.4. The fourth-order valence-electron chi connectivity index (χ4n) is 6.14. The maximum absolute atomic E-state index is 10.5. The van der Waals surface area contributed by atoms with Crippen LogP contribution in [-0.2, 0) is 4.43 Å². The highest BCUT2D eigenvalue weighted by Crippen LogP contribution is 2.83. The summed E-state index contributed by atoms with van der Waals surface area (Å²) in [5, 5.41) is 11.9. The molecule has 0 saturated carbocycles. The lowest BCUT2D eigenvalue weighted by molar-refractivity contribution is -0.0000102. The second kappa shape index (κ2) is 10.9. The summed E-state index contributed by atoms with van der Waals surface area (Å²) in [5.41, 5.74) is 0. The third-order valence-corrected chi connectivity index (χ3v) is 15.8. The molecule has 0 atom stereocenters. The summed E-state index contributed by atoms with van der Waals surface area (Å²) < 4.78 is 12.4. The van der Waals surface area contributed by atoms with Crippen LogP contribution >= 0.6 is 7.26 Å². The molecular formula is C25H48BrO3PSi. The van der Waals surface area contributed by atoms with Crippen molar-refractivity contribution in [3.05, 3.63) is 18.2 Å². The highest BCUT2D eigenvalue weighted by atomic mass is 79.9. The Kier molecular flexibility index (Phi) is 10.9. The van der Waals surface area contributed by atoms with Crippen molar-refractivity contribution in [3.8, 4) is 11.5 Å². The summed E-state index contributed by atoms with van der Waals surface area (Å²) in [7, 11) is -3.46. The van der Waals surface area contributed by atoms with Crippen molar-refractivity contribution in [3.63, 3.8) is 0 Å². The molecule has 0 fully saturated rings. The van der Waals surface area contributed by atoms with E-state index < -0.39 is 15.6 Å². The van der Waals surface area contributed by atoms with Gasteiger partial charge >= 0.3 is 0 Å². The van der Waals surface area contributed by atoms with E-state index in [-0.39, 0.29) is 32.4 Å². The number of aromatic hydroxyl groups is 1. The molecule has 1 aromatic carbocycles. The Morgan fingerprint density at radius 2 is 1.39 bits per heavy atom. The van der Waals surface area contributed by atoms with Gasteiger partial charge in [-0.1, -0.05) is 0 Å². The molecule has 1 N–H and O–H groups in total.